The fourth-order valence-corrected chi connectivity index (χ4v) is 1.18. The van der Waals surface area contributed by atoms with E-state index in [4.69, 9.17) is 9.84 Å². The maximum Gasteiger partial charge on any atom is 0.278 e. The Bertz CT molecular complexity index is 130. The lowest BCUT2D eigenvalue weighted by molar-refractivity contribution is -0.140. The van der Waals surface area contributed by atoms with Crippen molar-refractivity contribution in [3.05, 3.63) is 0 Å². The first kappa shape index (κ1) is 8.87. The van der Waals surface area contributed by atoms with Crippen LogP contribution < -0.4 is 0 Å². The molecule has 0 aliphatic carbocycles. The first-order valence-corrected chi connectivity index (χ1v) is 3.68. The molecule has 0 radical (unpaired) electrons. The zero-order chi connectivity index (χ0) is 8.48. The minimum absolute atomic E-state index is 0.0674. The van der Waals surface area contributed by atoms with Gasteiger partial charge in [0.15, 0.2) is 0 Å². The molecule has 0 amide bonds. The summed E-state index contributed by atoms with van der Waals surface area (Å²) in [6, 6.07) is 0. The second kappa shape index (κ2) is 3.03. The zero-order valence-electron chi connectivity index (χ0n) is 6.39. The van der Waals surface area contributed by atoms with Crippen LogP contribution in [0, 0.1) is 5.92 Å². The number of ether oxygens (including phenoxy) is 1. The van der Waals surface area contributed by atoms with Crippen molar-refractivity contribution in [2.45, 2.75) is 25.4 Å². The van der Waals surface area contributed by atoms with E-state index in [1.54, 1.807) is 0 Å². The van der Waals surface area contributed by atoms with Crippen LogP contribution in [0.5, 0.6) is 0 Å². The Balaban J connectivity index is 2.55. The standard InChI is InChI=1S/C7H12F2O2/c1-5(10)7(8,9)6-2-3-11-4-6/h5-6,10H,2-4H2,1H3. The summed E-state index contributed by atoms with van der Waals surface area (Å²) < 4.78 is 30.6. The highest BCUT2D eigenvalue weighted by Gasteiger charge is 2.45. The maximum absolute atomic E-state index is 12.9. The Morgan fingerprint density at radius 2 is 2.27 bits per heavy atom. The van der Waals surface area contributed by atoms with Crippen LogP contribution in [-0.2, 0) is 4.74 Å². The van der Waals surface area contributed by atoms with Crippen molar-refractivity contribution in [2.75, 3.05) is 13.2 Å². The van der Waals surface area contributed by atoms with Gasteiger partial charge in [0.2, 0.25) is 0 Å². The van der Waals surface area contributed by atoms with Gasteiger partial charge in [0.1, 0.15) is 6.10 Å². The van der Waals surface area contributed by atoms with E-state index in [1.165, 1.54) is 0 Å². The van der Waals surface area contributed by atoms with Crippen molar-refractivity contribution >= 4 is 0 Å². The topological polar surface area (TPSA) is 29.5 Å². The minimum Gasteiger partial charge on any atom is -0.387 e. The van der Waals surface area contributed by atoms with Gasteiger partial charge < -0.3 is 9.84 Å². The molecule has 66 valence electrons. The number of alkyl halides is 2. The highest BCUT2D eigenvalue weighted by Crippen LogP contribution is 2.33. The molecule has 0 aromatic carbocycles. The Kier molecular flexibility index (Phi) is 2.44. The van der Waals surface area contributed by atoms with Gasteiger partial charge in [-0.2, -0.15) is 0 Å². The van der Waals surface area contributed by atoms with Crippen LogP contribution in [0.2, 0.25) is 0 Å². The molecule has 0 saturated carbocycles. The van der Waals surface area contributed by atoms with Gasteiger partial charge >= 0.3 is 0 Å². The molecular formula is C7H12F2O2. The number of halogens is 2. The molecule has 0 bridgehead atoms. The number of hydrogen-bond donors (Lipinski definition) is 1. The van der Waals surface area contributed by atoms with Gasteiger partial charge in [0.25, 0.3) is 5.92 Å². The van der Waals surface area contributed by atoms with E-state index in [1.807, 2.05) is 0 Å². The van der Waals surface area contributed by atoms with Gasteiger partial charge in [-0.05, 0) is 13.3 Å². The molecule has 0 spiro atoms. The van der Waals surface area contributed by atoms with E-state index in [0.29, 0.717) is 13.0 Å². The first-order chi connectivity index (χ1) is 5.05. The van der Waals surface area contributed by atoms with E-state index in [2.05, 4.69) is 0 Å². The number of aliphatic hydroxyl groups excluding tert-OH is 1. The van der Waals surface area contributed by atoms with Gasteiger partial charge in [-0.25, -0.2) is 8.78 Å². The monoisotopic (exact) mass is 166 g/mol. The maximum atomic E-state index is 12.9. The van der Waals surface area contributed by atoms with Crippen molar-refractivity contribution in [1.29, 1.82) is 0 Å². The molecule has 1 saturated heterocycles. The minimum atomic E-state index is -2.99. The fraction of sp³-hybridized carbons (Fsp3) is 1.00. The zero-order valence-corrected chi connectivity index (χ0v) is 6.39. The summed E-state index contributed by atoms with van der Waals surface area (Å²) in [5, 5.41) is 8.74. The normalized spacial score (nSPS) is 28.9. The van der Waals surface area contributed by atoms with Crippen LogP contribution >= 0.6 is 0 Å². The summed E-state index contributed by atoms with van der Waals surface area (Å²) in [4.78, 5) is 0. The molecule has 1 N–H and O–H groups in total. The summed E-state index contributed by atoms with van der Waals surface area (Å²) >= 11 is 0. The smallest absolute Gasteiger partial charge is 0.278 e. The SMILES string of the molecule is CC(O)C(F)(F)C1CCOC1. The predicted octanol–water partition coefficient (Wildman–Crippen LogP) is 1.04. The molecule has 2 nitrogen and oxygen atoms in total. The van der Waals surface area contributed by atoms with Gasteiger partial charge in [-0.3, -0.25) is 0 Å². The first-order valence-electron chi connectivity index (χ1n) is 3.68. The van der Waals surface area contributed by atoms with Crippen LogP contribution in [0.1, 0.15) is 13.3 Å². The van der Waals surface area contributed by atoms with Crippen molar-refractivity contribution in [2.24, 2.45) is 5.92 Å². The molecule has 1 heterocycles. The van der Waals surface area contributed by atoms with Crippen LogP contribution in [-0.4, -0.2) is 30.3 Å². The summed E-state index contributed by atoms with van der Waals surface area (Å²) in [5.74, 6) is -3.79. The third-order valence-corrected chi connectivity index (χ3v) is 2.03. The molecule has 0 aromatic heterocycles. The summed E-state index contributed by atoms with van der Waals surface area (Å²) in [6.45, 7) is 1.56. The molecule has 2 unspecified atom stereocenters. The van der Waals surface area contributed by atoms with Crippen molar-refractivity contribution in [3.8, 4) is 0 Å². The molecule has 11 heavy (non-hydrogen) atoms. The average molecular weight is 166 g/mol. The second-order valence-corrected chi connectivity index (χ2v) is 2.91. The van der Waals surface area contributed by atoms with Crippen LogP contribution in [0.3, 0.4) is 0 Å². The summed E-state index contributed by atoms with van der Waals surface area (Å²) in [6.07, 6.45) is -1.23. The molecule has 1 aliphatic rings. The van der Waals surface area contributed by atoms with Gasteiger partial charge in [0.05, 0.1) is 12.5 Å². The van der Waals surface area contributed by atoms with E-state index in [-0.39, 0.29) is 6.61 Å². The van der Waals surface area contributed by atoms with E-state index < -0.39 is 17.9 Å². The van der Waals surface area contributed by atoms with Crippen molar-refractivity contribution in [3.63, 3.8) is 0 Å². The van der Waals surface area contributed by atoms with Crippen LogP contribution in [0.15, 0.2) is 0 Å². The number of rotatable bonds is 2. The Morgan fingerprint density at radius 1 is 1.64 bits per heavy atom. The molecular weight excluding hydrogens is 154 g/mol. The molecule has 0 aromatic rings. The third kappa shape index (κ3) is 1.68. The molecule has 1 fully saturated rings. The van der Waals surface area contributed by atoms with E-state index >= 15 is 0 Å². The summed E-state index contributed by atoms with van der Waals surface area (Å²) in [5.41, 5.74) is 0. The van der Waals surface area contributed by atoms with Crippen LogP contribution in [0.4, 0.5) is 8.78 Å². The predicted molar refractivity (Wildman–Crippen MR) is 35.6 cm³/mol. The average Bonchev–Trinajstić information content (AvgIpc) is 2.37. The molecule has 1 aliphatic heterocycles. The number of hydrogen-bond acceptors (Lipinski definition) is 2. The third-order valence-electron chi connectivity index (χ3n) is 2.03. The highest BCUT2D eigenvalue weighted by molar-refractivity contribution is 4.84. The molecule has 4 heteroatoms. The van der Waals surface area contributed by atoms with Gasteiger partial charge in [0, 0.05) is 6.61 Å². The highest BCUT2D eigenvalue weighted by atomic mass is 19.3. The van der Waals surface area contributed by atoms with Crippen molar-refractivity contribution < 1.29 is 18.6 Å². The van der Waals surface area contributed by atoms with Crippen LogP contribution in [0.25, 0.3) is 0 Å². The lowest BCUT2D eigenvalue weighted by atomic mass is 9.97. The lowest BCUT2D eigenvalue weighted by Gasteiger charge is -2.24. The quantitative estimate of drug-likeness (QED) is 0.664. The van der Waals surface area contributed by atoms with E-state index in [0.717, 1.165) is 6.92 Å². The Labute approximate surface area is 64.2 Å². The Hall–Kier alpha value is -0.220. The Morgan fingerprint density at radius 3 is 2.64 bits per heavy atom. The largest absolute Gasteiger partial charge is 0.387 e. The fourth-order valence-electron chi connectivity index (χ4n) is 1.18. The molecule has 1 rings (SSSR count). The van der Waals surface area contributed by atoms with Gasteiger partial charge in [-0.1, -0.05) is 0 Å². The molecule has 2 atom stereocenters. The van der Waals surface area contributed by atoms with Crippen molar-refractivity contribution in [1.82, 2.24) is 0 Å². The van der Waals surface area contributed by atoms with E-state index in [9.17, 15) is 8.78 Å². The van der Waals surface area contributed by atoms with Gasteiger partial charge in [-0.15, -0.1) is 0 Å². The summed E-state index contributed by atoms with van der Waals surface area (Å²) in [7, 11) is 0. The lowest BCUT2D eigenvalue weighted by Crippen LogP contribution is -2.39. The number of aliphatic hydroxyl groups is 1. The second-order valence-electron chi connectivity index (χ2n) is 2.91.